The molecule has 0 atom stereocenters. The maximum Gasteiger partial charge on any atom is 0.243 e. The van der Waals surface area contributed by atoms with Gasteiger partial charge in [0.05, 0.1) is 23.1 Å². The monoisotopic (exact) mass is 401 g/mol. The summed E-state index contributed by atoms with van der Waals surface area (Å²) in [6, 6.07) is 11.6. The molecule has 25 heavy (non-hydrogen) atoms. The van der Waals surface area contributed by atoms with Crippen molar-refractivity contribution in [2.24, 2.45) is 0 Å². The Morgan fingerprint density at radius 3 is 2.60 bits per heavy atom. The van der Waals surface area contributed by atoms with Crippen LogP contribution in [0.15, 0.2) is 47.4 Å². The Labute approximate surface area is 157 Å². The predicted molar refractivity (Wildman–Crippen MR) is 96.8 cm³/mol. The summed E-state index contributed by atoms with van der Waals surface area (Å²) >= 11 is 12.0. The van der Waals surface area contributed by atoms with E-state index in [4.69, 9.17) is 32.7 Å². The molecule has 0 bridgehead atoms. The zero-order valence-corrected chi connectivity index (χ0v) is 15.6. The highest BCUT2D eigenvalue weighted by Crippen LogP contribution is 2.28. The first-order valence-electron chi connectivity index (χ1n) is 7.71. The van der Waals surface area contributed by atoms with Gasteiger partial charge in [0.15, 0.2) is 0 Å². The first-order chi connectivity index (χ1) is 12.0. The Morgan fingerprint density at radius 2 is 1.84 bits per heavy atom. The highest BCUT2D eigenvalue weighted by molar-refractivity contribution is 7.89. The Morgan fingerprint density at radius 1 is 1.08 bits per heavy atom. The second-order valence-corrected chi connectivity index (χ2v) is 8.31. The van der Waals surface area contributed by atoms with Crippen LogP contribution >= 0.6 is 23.2 Å². The highest BCUT2D eigenvalue weighted by Gasteiger charge is 2.26. The molecule has 1 heterocycles. The van der Waals surface area contributed by atoms with E-state index in [1.54, 1.807) is 42.5 Å². The molecule has 0 aromatic heterocycles. The van der Waals surface area contributed by atoms with Gasteiger partial charge in [-0.25, -0.2) is 8.42 Å². The zero-order chi connectivity index (χ0) is 17.9. The van der Waals surface area contributed by atoms with Crippen molar-refractivity contribution in [2.45, 2.75) is 11.5 Å². The Balaban J connectivity index is 1.76. The van der Waals surface area contributed by atoms with E-state index in [2.05, 4.69) is 0 Å². The summed E-state index contributed by atoms with van der Waals surface area (Å²) in [5, 5.41) is 0.963. The van der Waals surface area contributed by atoms with Gasteiger partial charge in [-0.3, -0.25) is 0 Å². The molecule has 0 spiro atoms. The van der Waals surface area contributed by atoms with Crippen LogP contribution in [0, 0.1) is 0 Å². The third-order valence-electron chi connectivity index (χ3n) is 3.79. The molecule has 0 unspecified atom stereocenters. The molecule has 0 N–H and O–H groups in total. The third kappa shape index (κ3) is 4.46. The van der Waals surface area contributed by atoms with Crippen LogP contribution in [-0.2, 0) is 21.4 Å². The number of rotatable bonds is 5. The summed E-state index contributed by atoms with van der Waals surface area (Å²) in [6.45, 7) is 1.74. The summed E-state index contributed by atoms with van der Waals surface area (Å²) in [5.74, 6) is 0.454. The van der Waals surface area contributed by atoms with E-state index in [9.17, 15) is 8.42 Å². The Kier molecular flexibility index (Phi) is 5.86. The average Bonchev–Trinajstić information content (AvgIpc) is 2.63. The van der Waals surface area contributed by atoms with E-state index in [1.165, 1.54) is 4.31 Å². The zero-order valence-electron chi connectivity index (χ0n) is 13.3. The number of ether oxygens (including phenoxy) is 2. The van der Waals surface area contributed by atoms with Gasteiger partial charge >= 0.3 is 0 Å². The molecular formula is C17H17Cl2NO4S. The molecule has 134 valence electrons. The molecule has 1 aliphatic heterocycles. The van der Waals surface area contributed by atoms with Gasteiger partial charge < -0.3 is 9.47 Å². The minimum Gasteiger partial charge on any atom is -0.487 e. The molecule has 0 amide bonds. The molecule has 5 nitrogen and oxygen atoms in total. The molecule has 1 saturated heterocycles. The molecule has 2 aromatic rings. The number of morpholine rings is 1. The first-order valence-corrected chi connectivity index (χ1v) is 9.91. The van der Waals surface area contributed by atoms with Gasteiger partial charge in [-0.1, -0.05) is 35.3 Å². The van der Waals surface area contributed by atoms with Gasteiger partial charge in [0, 0.05) is 24.2 Å². The maximum atomic E-state index is 12.7. The number of halogens is 2. The maximum absolute atomic E-state index is 12.7. The van der Waals surface area contributed by atoms with Gasteiger partial charge in [0.25, 0.3) is 0 Å². The van der Waals surface area contributed by atoms with Crippen molar-refractivity contribution in [1.82, 2.24) is 4.31 Å². The lowest BCUT2D eigenvalue weighted by Gasteiger charge is -2.26. The SMILES string of the molecule is O=S(=O)(c1cccc(COc2cc(Cl)ccc2Cl)c1)N1CCOCC1. The van der Waals surface area contributed by atoms with Gasteiger partial charge in [-0.15, -0.1) is 0 Å². The topological polar surface area (TPSA) is 55.8 Å². The summed E-state index contributed by atoms with van der Waals surface area (Å²) in [4.78, 5) is 0.243. The van der Waals surface area contributed by atoms with Crippen molar-refractivity contribution in [1.29, 1.82) is 0 Å². The van der Waals surface area contributed by atoms with Crippen LogP contribution in [0.2, 0.25) is 10.0 Å². The molecule has 1 fully saturated rings. The molecule has 0 aliphatic carbocycles. The van der Waals surface area contributed by atoms with E-state index in [0.717, 1.165) is 5.56 Å². The standard InChI is InChI=1S/C17H17Cl2NO4S/c18-14-4-5-16(19)17(11-14)24-12-13-2-1-3-15(10-13)25(21,22)20-6-8-23-9-7-20/h1-5,10-11H,6-9,12H2. The summed E-state index contributed by atoms with van der Waals surface area (Å²) < 4.78 is 37.7. The van der Waals surface area contributed by atoms with E-state index >= 15 is 0 Å². The van der Waals surface area contributed by atoms with E-state index in [-0.39, 0.29) is 11.5 Å². The molecule has 3 rings (SSSR count). The minimum atomic E-state index is -3.53. The number of benzene rings is 2. The van der Waals surface area contributed by atoms with E-state index in [1.807, 2.05) is 0 Å². The fourth-order valence-electron chi connectivity index (χ4n) is 2.48. The molecule has 0 radical (unpaired) electrons. The summed E-state index contributed by atoms with van der Waals surface area (Å²) in [6.07, 6.45) is 0. The van der Waals surface area contributed by atoms with E-state index < -0.39 is 10.0 Å². The largest absolute Gasteiger partial charge is 0.487 e. The van der Waals surface area contributed by atoms with E-state index in [0.29, 0.717) is 42.1 Å². The quantitative estimate of drug-likeness (QED) is 0.767. The smallest absolute Gasteiger partial charge is 0.243 e. The molecule has 0 saturated carbocycles. The van der Waals surface area contributed by atoms with Crippen molar-refractivity contribution in [2.75, 3.05) is 26.3 Å². The molecule has 1 aliphatic rings. The molecule has 8 heteroatoms. The average molecular weight is 402 g/mol. The summed E-state index contributed by atoms with van der Waals surface area (Å²) in [7, 11) is -3.53. The van der Waals surface area contributed by atoms with Crippen LogP contribution in [0.4, 0.5) is 0 Å². The van der Waals surface area contributed by atoms with Crippen molar-refractivity contribution in [3.05, 3.63) is 58.1 Å². The van der Waals surface area contributed by atoms with Crippen molar-refractivity contribution in [3.63, 3.8) is 0 Å². The predicted octanol–water partition coefficient (Wildman–Crippen LogP) is 3.59. The lowest BCUT2D eigenvalue weighted by atomic mass is 10.2. The van der Waals surface area contributed by atoms with Crippen LogP contribution < -0.4 is 4.74 Å². The normalized spacial score (nSPS) is 15.9. The number of hydrogen-bond acceptors (Lipinski definition) is 4. The number of sulfonamides is 1. The first kappa shape index (κ1) is 18.5. The fourth-order valence-corrected chi connectivity index (χ4v) is 4.29. The lowest BCUT2D eigenvalue weighted by molar-refractivity contribution is 0.0730. The van der Waals surface area contributed by atoms with Gasteiger partial charge in [-0.2, -0.15) is 4.31 Å². The van der Waals surface area contributed by atoms with Crippen LogP contribution in [0.3, 0.4) is 0 Å². The van der Waals surface area contributed by atoms with Gasteiger partial charge in [0.2, 0.25) is 10.0 Å². The van der Waals surface area contributed by atoms with Crippen LogP contribution in [0.5, 0.6) is 5.75 Å². The molecular weight excluding hydrogens is 385 g/mol. The minimum absolute atomic E-state index is 0.187. The van der Waals surface area contributed by atoms with Crippen LogP contribution in [0.1, 0.15) is 5.56 Å². The summed E-state index contributed by atoms with van der Waals surface area (Å²) in [5.41, 5.74) is 0.727. The fraction of sp³-hybridized carbons (Fsp3) is 0.294. The molecule has 2 aromatic carbocycles. The van der Waals surface area contributed by atoms with Gasteiger partial charge in [0.1, 0.15) is 12.4 Å². The highest BCUT2D eigenvalue weighted by atomic mass is 35.5. The lowest BCUT2D eigenvalue weighted by Crippen LogP contribution is -2.40. The van der Waals surface area contributed by atoms with Crippen molar-refractivity contribution in [3.8, 4) is 5.75 Å². The van der Waals surface area contributed by atoms with Gasteiger partial charge in [-0.05, 0) is 29.8 Å². The Hall–Kier alpha value is -1.31. The van der Waals surface area contributed by atoms with Crippen molar-refractivity contribution < 1.29 is 17.9 Å². The second-order valence-electron chi connectivity index (χ2n) is 5.53. The third-order valence-corrected chi connectivity index (χ3v) is 6.24. The number of nitrogens with zero attached hydrogens (tertiary/aromatic N) is 1. The van der Waals surface area contributed by atoms with Crippen LogP contribution in [-0.4, -0.2) is 39.0 Å². The second kappa shape index (κ2) is 7.93. The number of hydrogen-bond donors (Lipinski definition) is 0. The Bertz CT molecular complexity index is 851. The van der Waals surface area contributed by atoms with Crippen LogP contribution in [0.25, 0.3) is 0 Å². The van der Waals surface area contributed by atoms with Crippen molar-refractivity contribution >= 4 is 33.2 Å².